The number of rotatable bonds is 5. The highest BCUT2D eigenvalue weighted by Gasteiger charge is 1.98. The van der Waals surface area contributed by atoms with Gasteiger partial charge in [0.25, 0.3) is 0 Å². The first-order chi connectivity index (χ1) is 8.79. The molecule has 0 aliphatic carbocycles. The average molecular weight is 296 g/mol. The van der Waals surface area contributed by atoms with Gasteiger partial charge in [0.2, 0.25) is 0 Å². The van der Waals surface area contributed by atoms with Gasteiger partial charge in [0.15, 0.2) is 0 Å². The molecule has 2 aromatic rings. The lowest BCUT2D eigenvalue weighted by Crippen LogP contribution is -2.12. The SMILES string of the molecule is CCc1ccc(CNCc2ccccc2Cl)cc1.Cl. The summed E-state index contributed by atoms with van der Waals surface area (Å²) in [7, 11) is 0. The smallest absolute Gasteiger partial charge is 0.0450 e. The normalized spacial score (nSPS) is 10.0. The summed E-state index contributed by atoms with van der Waals surface area (Å²) < 4.78 is 0. The third-order valence-electron chi connectivity index (χ3n) is 3.03. The molecule has 0 atom stereocenters. The molecule has 1 nitrogen and oxygen atoms in total. The molecule has 2 aromatic carbocycles. The molecule has 0 unspecified atom stereocenters. The number of nitrogens with one attached hydrogen (secondary N) is 1. The lowest BCUT2D eigenvalue weighted by Gasteiger charge is -2.07. The Labute approximate surface area is 126 Å². The van der Waals surface area contributed by atoms with E-state index in [1.165, 1.54) is 11.1 Å². The van der Waals surface area contributed by atoms with E-state index in [2.05, 4.69) is 42.6 Å². The van der Waals surface area contributed by atoms with E-state index in [9.17, 15) is 0 Å². The van der Waals surface area contributed by atoms with Crippen LogP contribution in [0.1, 0.15) is 23.6 Å². The Bertz CT molecular complexity index is 494. The summed E-state index contributed by atoms with van der Waals surface area (Å²) in [4.78, 5) is 0. The van der Waals surface area contributed by atoms with Gasteiger partial charge >= 0.3 is 0 Å². The van der Waals surface area contributed by atoms with Crippen LogP contribution in [-0.4, -0.2) is 0 Å². The van der Waals surface area contributed by atoms with E-state index in [1.54, 1.807) is 0 Å². The Morgan fingerprint density at radius 2 is 1.53 bits per heavy atom. The van der Waals surface area contributed by atoms with Gasteiger partial charge in [-0.3, -0.25) is 0 Å². The summed E-state index contributed by atoms with van der Waals surface area (Å²) in [6, 6.07) is 16.7. The van der Waals surface area contributed by atoms with Crippen molar-refractivity contribution in [1.29, 1.82) is 0 Å². The predicted octanol–water partition coefficient (Wildman–Crippen LogP) is 4.61. The van der Waals surface area contributed by atoms with Crippen LogP contribution in [0.15, 0.2) is 48.5 Å². The van der Waals surface area contributed by atoms with E-state index in [0.29, 0.717) is 0 Å². The van der Waals surface area contributed by atoms with Crippen molar-refractivity contribution in [1.82, 2.24) is 5.32 Å². The number of hydrogen-bond acceptors (Lipinski definition) is 1. The van der Waals surface area contributed by atoms with Gasteiger partial charge in [-0.15, -0.1) is 12.4 Å². The van der Waals surface area contributed by atoms with Crippen LogP contribution < -0.4 is 5.32 Å². The standard InChI is InChI=1S/C16H18ClN.ClH/c1-2-13-7-9-14(10-8-13)11-18-12-15-5-3-4-6-16(15)17;/h3-10,18H,2,11-12H2,1H3;1H. The van der Waals surface area contributed by atoms with Crippen molar-refractivity contribution in [3.05, 3.63) is 70.2 Å². The third kappa shape index (κ3) is 4.87. The van der Waals surface area contributed by atoms with Gasteiger partial charge in [0.1, 0.15) is 0 Å². The van der Waals surface area contributed by atoms with Crippen LogP contribution in [0, 0.1) is 0 Å². The van der Waals surface area contributed by atoms with Gasteiger partial charge in [-0.1, -0.05) is 61.0 Å². The molecule has 0 aliphatic heterocycles. The molecule has 0 amide bonds. The van der Waals surface area contributed by atoms with E-state index in [4.69, 9.17) is 11.6 Å². The molecular weight excluding hydrogens is 277 g/mol. The number of halogens is 2. The zero-order valence-corrected chi connectivity index (χ0v) is 12.6. The van der Waals surface area contributed by atoms with Crippen molar-refractivity contribution >= 4 is 24.0 Å². The van der Waals surface area contributed by atoms with Gasteiger partial charge in [-0.2, -0.15) is 0 Å². The first-order valence-corrected chi connectivity index (χ1v) is 6.69. The van der Waals surface area contributed by atoms with E-state index in [1.807, 2.05) is 18.2 Å². The van der Waals surface area contributed by atoms with Gasteiger partial charge in [0.05, 0.1) is 0 Å². The minimum Gasteiger partial charge on any atom is -0.309 e. The molecule has 0 heterocycles. The lowest BCUT2D eigenvalue weighted by atomic mass is 10.1. The summed E-state index contributed by atoms with van der Waals surface area (Å²) in [6.07, 6.45) is 1.09. The second-order valence-corrected chi connectivity index (χ2v) is 4.77. The Hall–Kier alpha value is -1.02. The molecule has 0 saturated carbocycles. The van der Waals surface area contributed by atoms with Crippen molar-refractivity contribution in [2.24, 2.45) is 0 Å². The molecule has 1 N–H and O–H groups in total. The third-order valence-corrected chi connectivity index (χ3v) is 3.40. The molecule has 0 aliphatic rings. The molecule has 102 valence electrons. The minimum atomic E-state index is 0. The molecule has 0 spiro atoms. The Balaban J connectivity index is 0.00000180. The molecular formula is C16H19Cl2N. The van der Waals surface area contributed by atoms with Crippen molar-refractivity contribution in [2.75, 3.05) is 0 Å². The van der Waals surface area contributed by atoms with Crippen LogP contribution in [-0.2, 0) is 19.5 Å². The van der Waals surface area contributed by atoms with Gasteiger partial charge in [-0.25, -0.2) is 0 Å². The van der Waals surface area contributed by atoms with E-state index in [-0.39, 0.29) is 12.4 Å². The van der Waals surface area contributed by atoms with Crippen LogP contribution in [0.5, 0.6) is 0 Å². The largest absolute Gasteiger partial charge is 0.309 e. The van der Waals surface area contributed by atoms with Gasteiger partial charge < -0.3 is 5.32 Å². The van der Waals surface area contributed by atoms with Crippen molar-refractivity contribution in [3.63, 3.8) is 0 Å². The van der Waals surface area contributed by atoms with Crippen molar-refractivity contribution < 1.29 is 0 Å². The van der Waals surface area contributed by atoms with Crippen LogP contribution in [0.2, 0.25) is 5.02 Å². The lowest BCUT2D eigenvalue weighted by molar-refractivity contribution is 0.693. The number of hydrogen-bond donors (Lipinski definition) is 1. The topological polar surface area (TPSA) is 12.0 Å². The zero-order valence-electron chi connectivity index (χ0n) is 11.0. The molecule has 3 heteroatoms. The summed E-state index contributed by atoms with van der Waals surface area (Å²) in [6.45, 7) is 3.84. The fourth-order valence-corrected chi connectivity index (χ4v) is 2.08. The van der Waals surface area contributed by atoms with Crippen LogP contribution in [0.25, 0.3) is 0 Å². The summed E-state index contributed by atoms with van der Waals surface area (Å²) in [5.74, 6) is 0. The van der Waals surface area contributed by atoms with E-state index < -0.39 is 0 Å². The number of benzene rings is 2. The molecule has 0 bridgehead atoms. The molecule has 19 heavy (non-hydrogen) atoms. The zero-order chi connectivity index (χ0) is 12.8. The highest BCUT2D eigenvalue weighted by molar-refractivity contribution is 6.31. The highest BCUT2D eigenvalue weighted by atomic mass is 35.5. The van der Waals surface area contributed by atoms with Crippen LogP contribution >= 0.6 is 24.0 Å². The second-order valence-electron chi connectivity index (χ2n) is 4.37. The quantitative estimate of drug-likeness (QED) is 0.849. The monoisotopic (exact) mass is 295 g/mol. The van der Waals surface area contributed by atoms with Gasteiger partial charge in [-0.05, 0) is 29.2 Å². The fourth-order valence-electron chi connectivity index (χ4n) is 1.88. The van der Waals surface area contributed by atoms with Crippen LogP contribution in [0.4, 0.5) is 0 Å². The predicted molar refractivity (Wildman–Crippen MR) is 85.1 cm³/mol. The first-order valence-electron chi connectivity index (χ1n) is 6.31. The van der Waals surface area contributed by atoms with E-state index in [0.717, 1.165) is 30.1 Å². The van der Waals surface area contributed by atoms with Crippen molar-refractivity contribution in [2.45, 2.75) is 26.4 Å². The summed E-state index contributed by atoms with van der Waals surface area (Å²) >= 11 is 6.11. The Morgan fingerprint density at radius 1 is 0.895 bits per heavy atom. The molecule has 0 radical (unpaired) electrons. The summed E-state index contributed by atoms with van der Waals surface area (Å²) in [5, 5.41) is 4.24. The maximum absolute atomic E-state index is 6.11. The van der Waals surface area contributed by atoms with E-state index >= 15 is 0 Å². The van der Waals surface area contributed by atoms with Gasteiger partial charge in [0, 0.05) is 18.1 Å². The first kappa shape index (κ1) is 16.0. The molecule has 2 rings (SSSR count). The molecule has 0 aromatic heterocycles. The molecule has 0 fully saturated rings. The van der Waals surface area contributed by atoms with Crippen molar-refractivity contribution in [3.8, 4) is 0 Å². The fraction of sp³-hybridized carbons (Fsp3) is 0.250. The number of aryl methyl sites for hydroxylation is 1. The Morgan fingerprint density at radius 3 is 2.16 bits per heavy atom. The highest BCUT2D eigenvalue weighted by Crippen LogP contribution is 2.14. The second kappa shape index (κ2) is 8.21. The maximum atomic E-state index is 6.11. The average Bonchev–Trinajstić information content (AvgIpc) is 2.42. The minimum absolute atomic E-state index is 0. The maximum Gasteiger partial charge on any atom is 0.0450 e. The molecule has 0 saturated heterocycles. The summed E-state index contributed by atoms with van der Waals surface area (Å²) in [5.41, 5.74) is 3.83. The Kier molecular flexibility index (Phi) is 6.93. The van der Waals surface area contributed by atoms with Crippen LogP contribution in [0.3, 0.4) is 0 Å².